The van der Waals surface area contributed by atoms with E-state index in [0.717, 1.165) is 17.0 Å². The SMILES string of the molecule is C[C@@H]1CC(=O)Nc2ccccc2N1C(=O)C[NH+](C)Cc1ccc(C(F)(F)F)cc1. The molecular weight excluding hydrogens is 383 g/mol. The van der Waals surface area contributed by atoms with Crippen molar-refractivity contribution in [2.24, 2.45) is 0 Å². The first-order valence-corrected chi connectivity index (χ1v) is 9.33. The average Bonchev–Trinajstić information content (AvgIpc) is 2.75. The third-order valence-corrected chi connectivity index (χ3v) is 4.87. The van der Waals surface area contributed by atoms with Crippen molar-refractivity contribution >= 4 is 23.2 Å². The standard InChI is InChI=1S/C21H22F3N3O2/c1-14-11-19(28)25-17-5-3-4-6-18(17)27(14)20(29)13-26(2)12-15-7-9-16(10-8-15)21(22,23)24/h3-10,14H,11-13H2,1-2H3,(H,25,28)/p+1/t14-/m1/s1. The Bertz CT molecular complexity index is 897. The zero-order valence-corrected chi connectivity index (χ0v) is 16.2. The number of benzene rings is 2. The molecule has 1 aliphatic heterocycles. The fourth-order valence-corrected chi connectivity index (χ4v) is 3.53. The second-order valence-corrected chi connectivity index (χ2v) is 7.39. The molecule has 0 radical (unpaired) electrons. The molecule has 0 aromatic heterocycles. The number of rotatable bonds is 4. The fourth-order valence-electron chi connectivity index (χ4n) is 3.53. The summed E-state index contributed by atoms with van der Waals surface area (Å²) in [7, 11) is 1.81. The second kappa shape index (κ2) is 8.24. The van der Waals surface area contributed by atoms with Crippen LogP contribution in [0.4, 0.5) is 24.5 Å². The molecule has 5 nitrogen and oxygen atoms in total. The van der Waals surface area contributed by atoms with Gasteiger partial charge in [0.2, 0.25) is 5.91 Å². The number of hydrogen-bond donors (Lipinski definition) is 2. The predicted molar refractivity (Wildman–Crippen MR) is 104 cm³/mol. The van der Waals surface area contributed by atoms with Crippen molar-refractivity contribution in [3.63, 3.8) is 0 Å². The van der Waals surface area contributed by atoms with Gasteiger partial charge in [0.05, 0.1) is 24.0 Å². The van der Waals surface area contributed by atoms with Gasteiger partial charge in [0.1, 0.15) is 6.54 Å². The minimum absolute atomic E-state index is 0.147. The van der Waals surface area contributed by atoms with E-state index in [1.54, 1.807) is 23.1 Å². The van der Waals surface area contributed by atoms with Gasteiger partial charge in [0.25, 0.3) is 5.91 Å². The zero-order chi connectivity index (χ0) is 21.2. The summed E-state index contributed by atoms with van der Waals surface area (Å²) in [6.07, 6.45) is -4.17. The highest BCUT2D eigenvalue weighted by Gasteiger charge is 2.32. The molecule has 2 N–H and O–H groups in total. The molecule has 0 aliphatic carbocycles. The number of carbonyl (C=O) groups is 2. The van der Waals surface area contributed by atoms with Crippen molar-refractivity contribution in [1.82, 2.24) is 0 Å². The lowest BCUT2D eigenvalue weighted by Crippen LogP contribution is -3.09. The number of fused-ring (bicyclic) bond motifs is 1. The summed E-state index contributed by atoms with van der Waals surface area (Å²) in [5.74, 6) is -0.295. The fraction of sp³-hybridized carbons (Fsp3) is 0.333. The van der Waals surface area contributed by atoms with Crippen molar-refractivity contribution in [2.75, 3.05) is 23.8 Å². The molecule has 0 spiro atoms. The molecule has 1 heterocycles. The topological polar surface area (TPSA) is 53.9 Å². The number of hydrogen-bond acceptors (Lipinski definition) is 2. The number of carbonyl (C=O) groups excluding carboxylic acids is 2. The zero-order valence-electron chi connectivity index (χ0n) is 16.2. The number of anilines is 2. The Morgan fingerprint density at radius 2 is 1.83 bits per heavy atom. The van der Waals surface area contributed by atoms with Crippen LogP contribution in [0.5, 0.6) is 0 Å². The van der Waals surface area contributed by atoms with E-state index >= 15 is 0 Å². The summed E-state index contributed by atoms with van der Waals surface area (Å²) in [5.41, 5.74) is 1.26. The quantitative estimate of drug-likeness (QED) is 0.820. The largest absolute Gasteiger partial charge is 0.416 e. The molecule has 2 aromatic carbocycles. The minimum Gasteiger partial charge on any atom is -0.326 e. The number of nitrogens with one attached hydrogen (secondary N) is 2. The molecule has 0 saturated carbocycles. The van der Waals surface area contributed by atoms with Crippen molar-refractivity contribution < 1.29 is 27.7 Å². The molecule has 2 aromatic rings. The summed E-state index contributed by atoms with van der Waals surface area (Å²) in [6.45, 7) is 2.38. The number of quaternary nitrogens is 1. The number of halogens is 3. The van der Waals surface area contributed by atoms with Gasteiger partial charge >= 0.3 is 6.18 Å². The second-order valence-electron chi connectivity index (χ2n) is 7.39. The van der Waals surface area contributed by atoms with Crippen LogP contribution in [0.2, 0.25) is 0 Å². The van der Waals surface area contributed by atoms with E-state index < -0.39 is 11.7 Å². The predicted octanol–water partition coefficient (Wildman–Crippen LogP) is 2.48. The Labute approximate surface area is 167 Å². The van der Waals surface area contributed by atoms with Crippen LogP contribution in [0.15, 0.2) is 48.5 Å². The first kappa shape index (κ1) is 20.9. The maximum atomic E-state index is 13.0. The molecule has 154 valence electrons. The lowest BCUT2D eigenvalue weighted by molar-refractivity contribution is -0.885. The number of nitrogens with zero attached hydrogens (tertiary/aromatic N) is 1. The van der Waals surface area contributed by atoms with Crippen LogP contribution in [-0.4, -0.2) is 31.4 Å². The van der Waals surface area contributed by atoms with E-state index in [4.69, 9.17) is 0 Å². The van der Waals surface area contributed by atoms with Gasteiger partial charge in [-0.2, -0.15) is 13.2 Å². The highest BCUT2D eigenvalue weighted by Crippen LogP contribution is 2.31. The summed E-state index contributed by atoms with van der Waals surface area (Å²) in [4.78, 5) is 27.6. The van der Waals surface area contributed by atoms with Crippen LogP contribution in [0.25, 0.3) is 0 Å². The van der Waals surface area contributed by atoms with E-state index in [-0.39, 0.29) is 30.8 Å². The Morgan fingerprint density at radius 1 is 1.17 bits per heavy atom. The molecule has 0 fully saturated rings. The molecule has 1 aliphatic rings. The van der Waals surface area contributed by atoms with Gasteiger partial charge in [-0.3, -0.25) is 9.59 Å². The van der Waals surface area contributed by atoms with Gasteiger partial charge in [0, 0.05) is 18.0 Å². The van der Waals surface area contributed by atoms with Gasteiger partial charge in [-0.15, -0.1) is 0 Å². The van der Waals surface area contributed by atoms with Crippen LogP contribution in [0, 0.1) is 0 Å². The highest BCUT2D eigenvalue weighted by molar-refractivity contribution is 6.04. The third kappa shape index (κ3) is 4.95. The van der Waals surface area contributed by atoms with Gasteiger partial charge in [-0.1, -0.05) is 24.3 Å². The van der Waals surface area contributed by atoms with Crippen molar-refractivity contribution in [3.8, 4) is 0 Å². The van der Waals surface area contributed by atoms with Crippen LogP contribution < -0.4 is 15.1 Å². The number of alkyl halides is 3. The third-order valence-electron chi connectivity index (χ3n) is 4.87. The first-order valence-electron chi connectivity index (χ1n) is 9.33. The maximum absolute atomic E-state index is 13.0. The van der Waals surface area contributed by atoms with Crippen LogP contribution in [0.1, 0.15) is 24.5 Å². The Morgan fingerprint density at radius 3 is 2.48 bits per heavy atom. The van der Waals surface area contributed by atoms with Gasteiger partial charge in [-0.25, -0.2) is 0 Å². The van der Waals surface area contributed by atoms with Crippen molar-refractivity contribution in [2.45, 2.75) is 32.1 Å². The van der Waals surface area contributed by atoms with E-state index in [2.05, 4.69) is 5.32 Å². The van der Waals surface area contributed by atoms with Crippen molar-refractivity contribution in [3.05, 3.63) is 59.7 Å². The molecule has 1 unspecified atom stereocenters. The molecule has 29 heavy (non-hydrogen) atoms. The van der Waals surface area contributed by atoms with Crippen molar-refractivity contribution in [1.29, 1.82) is 0 Å². The van der Waals surface area contributed by atoms with Gasteiger partial charge in [0.15, 0.2) is 6.54 Å². The lowest BCUT2D eigenvalue weighted by Gasteiger charge is -2.28. The van der Waals surface area contributed by atoms with E-state index in [1.165, 1.54) is 12.1 Å². The number of likely N-dealkylation sites (N-methyl/N-ethyl adjacent to an activating group) is 1. The van der Waals surface area contributed by atoms with E-state index in [0.29, 0.717) is 23.5 Å². The highest BCUT2D eigenvalue weighted by atomic mass is 19.4. The summed E-state index contributed by atoms with van der Waals surface area (Å²) in [5, 5.41) is 2.82. The number of para-hydroxylation sites is 2. The summed E-state index contributed by atoms with van der Waals surface area (Å²) >= 11 is 0. The molecular formula is C21H23F3N3O2+. The molecule has 3 rings (SSSR count). The smallest absolute Gasteiger partial charge is 0.326 e. The van der Waals surface area contributed by atoms with Crippen LogP contribution in [0.3, 0.4) is 0 Å². The Balaban J connectivity index is 1.71. The molecule has 0 saturated heterocycles. The van der Waals surface area contributed by atoms with E-state index in [9.17, 15) is 22.8 Å². The lowest BCUT2D eigenvalue weighted by atomic mass is 10.1. The van der Waals surface area contributed by atoms with Gasteiger partial charge < -0.3 is 15.1 Å². The van der Waals surface area contributed by atoms with Crippen LogP contribution >= 0.6 is 0 Å². The molecule has 8 heteroatoms. The minimum atomic E-state index is -4.37. The van der Waals surface area contributed by atoms with E-state index in [1.807, 2.05) is 20.0 Å². The van der Waals surface area contributed by atoms with Gasteiger partial charge in [-0.05, 0) is 31.2 Å². The maximum Gasteiger partial charge on any atom is 0.416 e. The first-order chi connectivity index (χ1) is 13.6. The normalized spacial score (nSPS) is 17.9. The summed E-state index contributed by atoms with van der Waals surface area (Å²) < 4.78 is 38.1. The molecule has 0 bridgehead atoms. The summed E-state index contributed by atoms with van der Waals surface area (Å²) in [6, 6.07) is 11.8. The average molecular weight is 406 g/mol. The number of amides is 2. The molecule has 2 amide bonds. The Kier molecular flexibility index (Phi) is 5.93. The molecule has 2 atom stereocenters. The Hall–Kier alpha value is -2.87. The van der Waals surface area contributed by atoms with Crippen LogP contribution in [-0.2, 0) is 22.3 Å². The monoisotopic (exact) mass is 406 g/mol.